The molecule has 0 spiro atoms. The zero-order valence-corrected chi connectivity index (χ0v) is 10.1. The van der Waals surface area contributed by atoms with E-state index in [1.54, 1.807) is 0 Å². The van der Waals surface area contributed by atoms with Crippen LogP contribution in [0.3, 0.4) is 0 Å². The van der Waals surface area contributed by atoms with E-state index in [4.69, 9.17) is 0 Å². The topological polar surface area (TPSA) is 0 Å². The summed E-state index contributed by atoms with van der Waals surface area (Å²) in [7, 11) is 0. The smallest absolute Gasteiger partial charge is 1.00 e. The minimum absolute atomic E-state index is 0. The SMILES string of the molecule is C[c-]1cccc1.C[c-]1cccc1.[Cr+4].[F-].[F-]. The van der Waals surface area contributed by atoms with E-state index in [0.717, 1.165) is 0 Å². The van der Waals surface area contributed by atoms with Crippen LogP contribution >= 0.6 is 0 Å². The van der Waals surface area contributed by atoms with Crippen LogP contribution in [0.15, 0.2) is 48.5 Å². The maximum Gasteiger partial charge on any atom is 4.00 e. The van der Waals surface area contributed by atoms with Crippen LogP contribution in [-0.4, -0.2) is 0 Å². The second-order valence-corrected chi connectivity index (χ2v) is 2.92. The largest absolute Gasteiger partial charge is 4.00 e. The van der Waals surface area contributed by atoms with Gasteiger partial charge in [0, 0.05) is 0 Å². The van der Waals surface area contributed by atoms with Crippen LogP contribution in [0.2, 0.25) is 0 Å². The van der Waals surface area contributed by atoms with E-state index in [0.29, 0.717) is 0 Å². The normalized spacial score (nSPS) is 7.07. The van der Waals surface area contributed by atoms with Gasteiger partial charge in [0.05, 0.1) is 0 Å². The van der Waals surface area contributed by atoms with Gasteiger partial charge >= 0.3 is 17.4 Å². The van der Waals surface area contributed by atoms with Gasteiger partial charge < -0.3 is 9.41 Å². The number of halogens is 2. The summed E-state index contributed by atoms with van der Waals surface area (Å²) in [5, 5.41) is 0. The summed E-state index contributed by atoms with van der Waals surface area (Å²) in [6, 6.07) is 16.5. The molecule has 82 valence electrons. The molecule has 2 rings (SSSR count). The Balaban J connectivity index is -0.000000160. The van der Waals surface area contributed by atoms with Gasteiger partial charge in [0.15, 0.2) is 0 Å². The Morgan fingerprint density at radius 1 is 0.600 bits per heavy atom. The molecule has 0 saturated heterocycles. The third-order valence-corrected chi connectivity index (χ3v) is 1.66. The van der Waals surface area contributed by atoms with Crippen molar-refractivity contribution in [1.82, 2.24) is 0 Å². The van der Waals surface area contributed by atoms with Gasteiger partial charge in [-0.15, -0.1) is 0 Å². The third-order valence-electron chi connectivity index (χ3n) is 1.66. The first kappa shape index (κ1) is 19.6. The Bertz CT molecular complexity index is 253. The molecule has 0 aromatic heterocycles. The Kier molecular flexibility index (Phi) is 14.6. The fraction of sp³-hybridized carbons (Fsp3) is 0.167. The van der Waals surface area contributed by atoms with Crippen LogP contribution in [-0.2, 0) is 17.4 Å². The van der Waals surface area contributed by atoms with Gasteiger partial charge in [0.25, 0.3) is 0 Å². The van der Waals surface area contributed by atoms with Crippen molar-refractivity contribution in [1.29, 1.82) is 0 Å². The number of aryl methyl sites for hydroxylation is 2. The molecule has 0 aliphatic rings. The summed E-state index contributed by atoms with van der Waals surface area (Å²) in [5.41, 5.74) is 2.69. The molecule has 15 heavy (non-hydrogen) atoms. The van der Waals surface area contributed by atoms with Gasteiger partial charge in [-0.3, -0.25) is 0 Å². The molecule has 0 unspecified atom stereocenters. The minimum atomic E-state index is 0. The second-order valence-electron chi connectivity index (χ2n) is 2.92. The zero-order valence-electron chi connectivity index (χ0n) is 8.78. The molecular weight excluding hydrogens is 234 g/mol. The van der Waals surface area contributed by atoms with Crippen molar-refractivity contribution < 1.29 is 26.8 Å². The van der Waals surface area contributed by atoms with Gasteiger partial charge in [-0.05, 0) is 0 Å². The Morgan fingerprint density at radius 3 is 0.867 bits per heavy atom. The van der Waals surface area contributed by atoms with Crippen LogP contribution in [0.4, 0.5) is 0 Å². The fourth-order valence-corrected chi connectivity index (χ4v) is 0.940. The summed E-state index contributed by atoms with van der Waals surface area (Å²) in [6.07, 6.45) is 0. The maximum atomic E-state index is 2.08. The van der Waals surface area contributed by atoms with E-state index in [1.807, 2.05) is 24.3 Å². The fourth-order valence-electron chi connectivity index (χ4n) is 0.940. The van der Waals surface area contributed by atoms with E-state index in [-0.39, 0.29) is 26.8 Å². The summed E-state index contributed by atoms with van der Waals surface area (Å²) in [6.45, 7) is 4.17. The molecule has 0 radical (unpaired) electrons. The molecule has 0 heterocycles. The van der Waals surface area contributed by atoms with Gasteiger partial charge in [-0.25, -0.2) is 24.3 Å². The van der Waals surface area contributed by atoms with Crippen LogP contribution in [0.25, 0.3) is 0 Å². The summed E-state index contributed by atoms with van der Waals surface area (Å²) < 4.78 is 0. The van der Waals surface area contributed by atoms with Gasteiger partial charge in [-0.1, -0.05) is 13.8 Å². The Hall–Kier alpha value is -0.908. The van der Waals surface area contributed by atoms with Crippen molar-refractivity contribution >= 4 is 0 Å². The number of hydrogen-bond acceptors (Lipinski definition) is 0. The van der Waals surface area contributed by atoms with Gasteiger partial charge in [0.2, 0.25) is 0 Å². The standard InChI is InChI=1S/2C6H7.Cr.2FH/c2*1-6-4-2-3-5-6;;;/h2*2-5H,1H3;;2*1H/q2*-1;+4;;/p-2. The van der Waals surface area contributed by atoms with E-state index in [9.17, 15) is 0 Å². The van der Waals surface area contributed by atoms with Gasteiger partial charge in [-0.2, -0.15) is 35.4 Å². The maximum absolute atomic E-state index is 2.08. The summed E-state index contributed by atoms with van der Waals surface area (Å²) >= 11 is 0. The zero-order chi connectivity index (χ0) is 8.81. The first-order chi connectivity index (χ1) is 5.79. The van der Waals surface area contributed by atoms with Crippen molar-refractivity contribution in [3.63, 3.8) is 0 Å². The van der Waals surface area contributed by atoms with E-state index >= 15 is 0 Å². The molecular formula is C12H14CrF2. The van der Waals surface area contributed by atoms with Crippen LogP contribution in [0.1, 0.15) is 11.1 Å². The number of rotatable bonds is 0. The first-order valence-electron chi connectivity index (χ1n) is 4.15. The van der Waals surface area contributed by atoms with Crippen LogP contribution < -0.4 is 9.41 Å². The molecule has 0 atom stereocenters. The minimum Gasteiger partial charge on any atom is -1.00 e. The molecule has 0 aliphatic heterocycles. The predicted octanol–water partition coefficient (Wildman–Crippen LogP) is -2.57. The van der Waals surface area contributed by atoms with Crippen LogP contribution in [0.5, 0.6) is 0 Å². The molecule has 3 heteroatoms. The van der Waals surface area contributed by atoms with Gasteiger partial charge in [0.1, 0.15) is 0 Å². The Labute approximate surface area is 101 Å². The first-order valence-corrected chi connectivity index (χ1v) is 4.15. The summed E-state index contributed by atoms with van der Waals surface area (Å²) in [5.74, 6) is 0. The molecule has 0 aliphatic carbocycles. The molecule has 0 bridgehead atoms. The average Bonchev–Trinajstić information content (AvgIpc) is 2.63. The molecule has 2 aromatic carbocycles. The van der Waals surface area contributed by atoms with Crippen molar-refractivity contribution in [2.45, 2.75) is 13.8 Å². The van der Waals surface area contributed by atoms with Crippen molar-refractivity contribution in [3.05, 3.63) is 59.7 Å². The third kappa shape index (κ3) is 9.40. The molecule has 0 nitrogen and oxygen atoms in total. The molecule has 0 amide bonds. The van der Waals surface area contributed by atoms with E-state index < -0.39 is 0 Å². The number of hydrogen-bond donors (Lipinski definition) is 0. The molecule has 0 fully saturated rings. The molecule has 0 N–H and O–H groups in total. The van der Waals surface area contributed by atoms with Crippen molar-refractivity contribution in [2.24, 2.45) is 0 Å². The molecule has 0 saturated carbocycles. The van der Waals surface area contributed by atoms with E-state index in [2.05, 4.69) is 38.1 Å². The molecule has 2 aromatic rings. The van der Waals surface area contributed by atoms with Crippen LogP contribution in [0, 0.1) is 13.8 Å². The monoisotopic (exact) mass is 248 g/mol. The van der Waals surface area contributed by atoms with E-state index in [1.165, 1.54) is 11.1 Å². The average molecular weight is 248 g/mol. The second kappa shape index (κ2) is 11.2. The Morgan fingerprint density at radius 2 is 0.800 bits per heavy atom. The predicted molar refractivity (Wildman–Crippen MR) is 53.5 cm³/mol. The van der Waals surface area contributed by atoms with Crippen molar-refractivity contribution in [3.8, 4) is 0 Å². The quantitative estimate of drug-likeness (QED) is 0.450. The summed E-state index contributed by atoms with van der Waals surface area (Å²) in [4.78, 5) is 0. The van der Waals surface area contributed by atoms with Crippen molar-refractivity contribution in [2.75, 3.05) is 0 Å².